The van der Waals surface area contributed by atoms with Crippen molar-refractivity contribution in [3.8, 4) is 0 Å². The molecule has 0 aromatic heterocycles. The Balaban J connectivity index is 2.00. The number of hydrogen-bond acceptors (Lipinski definition) is 3. The Morgan fingerprint density at radius 3 is 2.65 bits per heavy atom. The molecule has 4 nitrogen and oxygen atoms in total. The van der Waals surface area contributed by atoms with E-state index in [0.717, 1.165) is 22.1 Å². The number of halogens is 1. The van der Waals surface area contributed by atoms with Gasteiger partial charge in [-0.15, -0.1) is 11.8 Å². The molecule has 0 heterocycles. The summed E-state index contributed by atoms with van der Waals surface area (Å²) in [6.45, 7) is 4.62. The molecule has 112 valence electrons. The first kappa shape index (κ1) is 17.1. The molecule has 20 heavy (non-hydrogen) atoms. The number of urea groups is 1. The predicted molar refractivity (Wildman–Crippen MR) is 84.7 cm³/mol. The van der Waals surface area contributed by atoms with Gasteiger partial charge in [-0.05, 0) is 37.6 Å². The lowest BCUT2D eigenvalue weighted by atomic mass is 10.4. The van der Waals surface area contributed by atoms with Crippen LogP contribution in [0, 0.1) is 0 Å². The molecule has 0 aliphatic carbocycles. The van der Waals surface area contributed by atoms with Crippen LogP contribution in [0.3, 0.4) is 0 Å². The first-order chi connectivity index (χ1) is 9.72. The highest BCUT2D eigenvalue weighted by atomic mass is 35.5. The van der Waals surface area contributed by atoms with Crippen LogP contribution in [-0.2, 0) is 4.74 Å². The maximum absolute atomic E-state index is 11.4. The van der Waals surface area contributed by atoms with Crippen LogP contribution in [0.5, 0.6) is 0 Å². The third kappa shape index (κ3) is 8.30. The molecule has 0 spiro atoms. The van der Waals surface area contributed by atoms with Gasteiger partial charge in [-0.2, -0.15) is 0 Å². The summed E-state index contributed by atoms with van der Waals surface area (Å²) in [5.41, 5.74) is 0. The van der Waals surface area contributed by atoms with Gasteiger partial charge in [-0.3, -0.25) is 0 Å². The molecule has 0 saturated heterocycles. The monoisotopic (exact) mass is 316 g/mol. The summed E-state index contributed by atoms with van der Waals surface area (Å²) in [5, 5.41) is 6.34. The Hall–Kier alpha value is -0.910. The van der Waals surface area contributed by atoms with Gasteiger partial charge in [0.05, 0.1) is 0 Å². The van der Waals surface area contributed by atoms with E-state index in [4.69, 9.17) is 16.3 Å². The van der Waals surface area contributed by atoms with E-state index in [1.165, 1.54) is 0 Å². The zero-order valence-corrected chi connectivity index (χ0v) is 13.2. The third-order valence-electron chi connectivity index (χ3n) is 2.43. The van der Waals surface area contributed by atoms with Crippen LogP contribution in [0.2, 0.25) is 5.02 Å². The Bertz CT molecular complexity index is 387. The van der Waals surface area contributed by atoms with E-state index in [1.54, 1.807) is 11.8 Å². The van der Waals surface area contributed by atoms with Crippen molar-refractivity contribution < 1.29 is 9.53 Å². The molecule has 0 saturated carbocycles. The Morgan fingerprint density at radius 2 is 1.95 bits per heavy atom. The van der Waals surface area contributed by atoms with Crippen molar-refractivity contribution in [3.63, 3.8) is 0 Å². The third-order valence-corrected chi connectivity index (χ3v) is 3.69. The summed E-state index contributed by atoms with van der Waals surface area (Å²) in [5.74, 6) is 0.827. The molecule has 1 rings (SSSR count). The van der Waals surface area contributed by atoms with Crippen molar-refractivity contribution in [3.05, 3.63) is 29.3 Å². The average molecular weight is 317 g/mol. The summed E-state index contributed by atoms with van der Waals surface area (Å²) < 4.78 is 5.19. The fourth-order valence-electron chi connectivity index (χ4n) is 1.45. The predicted octanol–water partition coefficient (Wildman–Crippen LogP) is 3.16. The van der Waals surface area contributed by atoms with E-state index in [0.29, 0.717) is 26.3 Å². The molecule has 0 unspecified atom stereocenters. The van der Waals surface area contributed by atoms with Gasteiger partial charge >= 0.3 is 6.03 Å². The van der Waals surface area contributed by atoms with Crippen LogP contribution < -0.4 is 10.6 Å². The summed E-state index contributed by atoms with van der Waals surface area (Å²) in [4.78, 5) is 12.6. The normalized spacial score (nSPS) is 10.3. The van der Waals surface area contributed by atoms with Crippen molar-refractivity contribution in [2.45, 2.75) is 18.2 Å². The van der Waals surface area contributed by atoms with Gasteiger partial charge in [-0.25, -0.2) is 4.79 Å². The van der Waals surface area contributed by atoms with E-state index in [-0.39, 0.29) is 6.03 Å². The molecule has 1 aromatic carbocycles. The van der Waals surface area contributed by atoms with Crippen molar-refractivity contribution in [2.24, 2.45) is 0 Å². The minimum absolute atomic E-state index is 0.127. The van der Waals surface area contributed by atoms with Gasteiger partial charge in [0.2, 0.25) is 0 Å². The maximum atomic E-state index is 11.4. The quantitative estimate of drug-likeness (QED) is 0.543. The fraction of sp³-hybridized carbons (Fsp3) is 0.500. The minimum atomic E-state index is -0.127. The number of thioether (sulfide) groups is 1. The summed E-state index contributed by atoms with van der Waals surface area (Å²) >= 11 is 7.50. The number of rotatable bonds is 9. The maximum Gasteiger partial charge on any atom is 0.314 e. The second-order valence-corrected chi connectivity index (χ2v) is 5.64. The van der Waals surface area contributed by atoms with Crippen molar-refractivity contribution in [1.29, 1.82) is 0 Å². The van der Waals surface area contributed by atoms with E-state index in [1.807, 2.05) is 31.2 Å². The van der Waals surface area contributed by atoms with Crippen molar-refractivity contribution in [1.82, 2.24) is 10.6 Å². The standard InChI is InChI=1S/C14H21ClN2O2S/c1-2-19-10-3-8-16-14(18)17-9-11-20-13-6-4-12(15)5-7-13/h4-7H,2-3,8-11H2,1H3,(H2,16,17,18). The number of carbonyl (C=O) groups is 1. The number of ether oxygens (including phenoxy) is 1. The zero-order chi connectivity index (χ0) is 14.6. The molecule has 0 atom stereocenters. The first-order valence-corrected chi connectivity index (χ1v) is 8.06. The van der Waals surface area contributed by atoms with Gasteiger partial charge in [-0.1, -0.05) is 11.6 Å². The molecule has 2 amide bonds. The lowest BCUT2D eigenvalue weighted by Crippen LogP contribution is -2.37. The number of carbonyl (C=O) groups excluding carboxylic acids is 1. The lowest BCUT2D eigenvalue weighted by molar-refractivity contribution is 0.145. The number of benzene rings is 1. The highest BCUT2D eigenvalue weighted by Gasteiger charge is 1.99. The van der Waals surface area contributed by atoms with Gasteiger partial charge in [0.1, 0.15) is 0 Å². The van der Waals surface area contributed by atoms with E-state index >= 15 is 0 Å². The van der Waals surface area contributed by atoms with Gasteiger partial charge in [0, 0.05) is 42.0 Å². The lowest BCUT2D eigenvalue weighted by Gasteiger charge is -2.07. The fourth-order valence-corrected chi connectivity index (χ4v) is 2.34. The number of nitrogens with one attached hydrogen (secondary N) is 2. The van der Waals surface area contributed by atoms with E-state index in [2.05, 4.69) is 10.6 Å². The van der Waals surface area contributed by atoms with Gasteiger partial charge < -0.3 is 15.4 Å². The summed E-state index contributed by atoms with van der Waals surface area (Å²) in [7, 11) is 0. The Morgan fingerprint density at radius 1 is 1.25 bits per heavy atom. The SMILES string of the molecule is CCOCCCNC(=O)NCCSc1ccc(Cl)cc1. The molecule has 0 bridgehead atoms. The minimum Gasteiger partial charge on any atom is -0.382 e. The molecular weight excluding hydrogens is 296 g/mol. The first-order valence-electron chi connectivity index (χ1n) is 6.70. The number of amides is 2. The molecule has 6 heteroatoms. The van der Waals surface area contributed by atoms with Crippen molar-refractivity contribution in [2.75, 3.05) is 32.1 Å². The molecule has 0 fully saturated rings. The van der Waals surface area contributed by atoms with Crippen LogP contribution in [0.1, 0.15) is 13.3 Å². The van der Waals surface area contributed by atoms with Gasteiger partial charge in [0.25, 0.3) is 0 Å². The average Bonchev–Trinajstić information content (AvgIpc) is 2.45. The number of hydrogen-bond donors (Lipinski definition) is 2. The smallest absolute Gasteiger partial charge is 0.314 e. The van der Waals surface area contributed by atoms with Crippen molar-refractivity contribution >= 4 is 29.4 Å². The molecule has 0 radical (unpaired) electrons. The second kappa shape index (κ2) is 10.8. The zero-order valence-electron chi connectivity index (χ0n) is 11.7. The van der Waals surface area contributed by atoms with Crippen LogP contribution >= 0.6 is 23.4 Å². The summed E-state index contributed by atoms with van der Waals surface area (Å²) in [6.07, 6.45) is 0.834. The molecule has 2 N–H and O–H groups in total. The van der Waals surface area contributed by atoms with Crippen LogP contribution in [-0.4, -0.2) is 38.1 Å². The topological polar surface area (TPSA) is 50.4 Å². The highest BCUT2D eigenvalue weighted by molar-refractivity contribution is 7.99. The summed E-state index contributed by atoms with van der Waals surface area (Å²) in [6, 6.07) is 7.55. The van der Waals surface area contributed by atoms with E-state index in [9.17, 15) is 4.79 Å². The van der Waals surface area contributed by atoms with Crippen LogP contribution in [0.15, 0.2) is 29.2 Å². The van der Waals surface area contributed by atoms with Crippen LogP contribution in [0.25, 0.3) is 0 Å². The Labute approximate surface area is 129 Å². The highest BCUT2D eigenvalue weighted by Crippen LogP contribution is 2.19. The Kier molecular flexibility index (Phi) is 9.28. The van der Waals surface area contributed by atoms with E-state index < -0.39 is 0 Å². The second-order valence-electron chi connectivity index (χ2n) is 4.04. The molecular formula is C14H21ClN2O2S. The van der Waals surface area contributed by atoms with Gasteiger partial charge in [0.15, 0.2) is 0 Å². The molecule has 0 aliphatic rings. The molecule has 0 aliphatic heterocycles. The molecule has 1 aromatic rings. The van der Waals surface area contributed by atoms with Crippen LogP contribution in [0.4, 0.5) is 4.79 Å². The largest absolute Gasteiger partial charge is 0.382 e.